The van der Waals surface area contributed by atoms with Crippen molar-refractivity contribution in [3.8, 4) is 23.0 Å². The molecule has 0 aromatic heterocycles. The molecule has 0 radical (unpaired) electrons. The Morgan fingerprint density at radius 1 is 0.743 bits per heavy atom. The van der Waals surface area contributed by atoms with Gasteiger partial charge in [0.15, 0.2) is 0 Å². The van der Waals surface area contributed by atoms with E-state index in [1.807, 2.05) is 37.3 Å². The average molecular weight is 461 g/mol. The third-order valence-electron chi connectivity index (χ3n) is 6.44. The van der Waals surface area contributed by atoms with Gasteiger partial charge in [-0.3, -0.25) is 0 Å². The number of unbranched alkanes of at least 4 members (excludes halogenated alkanes) is 2. The summed E-state index contributed by atoms with van der Waals surface area (Å²) in [7, 11) is 0. The van der Waals surface area contributed by atoms with Gasteiger partial charge in [0, 0.05) is 10.9 Å². The van der Waals surface area contributed by atoms with Crippen LogP contribution in [0.5, 0.6) is 0 Å². The van der Waals surface area contributed by atoms with Crippen LogP contribution in [0.3, 0.4) is 0 Å². The van der Waals surface area contributed by atoms with Crippen molar-refractivity contribution in [3.05, 3.63) is 119 Å². The van der Waals surface area contributed by atoms with Gasteiger partial charge < -0.3 is 0 Å². The van der Waals surface area contributed by atoms with Crippen LogP contribution in [-0.4, -0.2) is 0 Å². The second-order valence-corrected chi connectivity index (χ2v) is 9.07. The molecular formula is C34H33F. The maximum Gasteiger partial charge on any atom is 0.146 e. The molecule has 0 aliphatic heterocycles. The highest BCUT2D eigenvalue weighted by atomic mass is 19.1. The van der Waals surface area contributed by atoms with Crippen LogP contribution in [0.1, 0.15) is 61.8 Å². The molecule has 35 heavy (non-hydrogen) atoms. The second kappa shape index (κ2) is 12.2. The molecule has 4 aromatic carbocycles. The molecule has 4 rings (SSSR count). The van der Waals surface area contributed by atoms with Crippen LogP contribution in [0, 0.1) is 17.7 Å². The SMILES string of the molecule is C/C=C/CCc1ccc(C#Cc2ccc3cc(-c4ccc(CCCCC)cc4)ccc3c2F)cc1. The fourth-order valence-corrected chi connectivity index (χ4v) is 4.32. The first-order valence-corrected chi connectivity index (χ1v) is 12.7. The van der Waals surface area contributed by atoms with Crippen molar-refractivity contribution in [2.24, 2.45) is 0 Å². The smallest absolute Gasteiger partial charge is 0.146 e. The molecule has 0 aliphatic rings. The number of rotatable bonds is 8. The molecule has 176 valence electrons. The lowest BCUT2D eigenvalue weighted by atomic mass is 9.98. The van der Waals surface area contributed by atoms with Crippen LogP contribution in [0.2, 0.25) is 0 Å². The summed E-state index contributed by atoms with van der Waals surface area (Å²) in [6, 6.07) is 26.7. The average Bonchev–Trinajstić information content (AvgIpc) is 2.90. The highest BCUT2D eigenvalue weighted by Gasteiger charge is 2.08. The van der Waals surface area contributed by atoms with Crippen molar-refractivity contribution in [1.82, 2.24) is 0 Å². The Morgan fingerprint density at radius 3 is 2.20 bits per heavy atom. The molecule has 0 amide bonds. The molecular weight excluding hydrogens is 427 g/mol. The van der Waals surface area contributed by atoms with E-state index in [2.05, 4.69) is 73.4 Å². The van der Waals surface area contributed by atoms with E-state index in [0.29, 0.717) is 10.9 Å². The summed E-state index contributed by atoms with van der Waals surface area (Å²) in [6.07, 6.45) is 11.2. The Bertz CT molecular complexity index is 1350. The number of halogens is 1. The van der Waals surface area contributed by atoms with Crippen LogP contribution >= 0.6 is 0 Å². The Hall–Kier alpha value is -3.63. The van der Waals surface area contributed by atoms with E-state index in [9.17, 15) is 0 Å². The van der Waals surface area contributed by atoms with Crippen LogP contribution in [0.15, 0.2) is 91.0 Å². The monoisotopic (exact) mass is 460 g/mol. The lowest BCUT2D eigenvalue weighted by Crippen LogP contribution is -1.89. The van der Waals surface area contributed by atoms with Crippen molar-refractivity contribution in [3.63, 3.8) is 0 Å². The zero-order valence-corrected chi connectivity index (χ0v) is 20.8. The van der Waals surface area contributed by atoms with Gasteiger partial charge in [-0.15, -0.1) is 0 Å². The summed E-state index contributed by atoms with van der Waals surface area (Å²) in [6.45, 7) is 4.27. The quantitative estimate of drug-likeness (QED) is 0.140. The fraction of sp³-hybridized carbons (Fsp3) is 0.235. The van der Waals surface area contributed by atoms with Gasteiger partial charge in [0.1, 0.15) is 5.82 Å². The zero-order chi connectivity index (χ0) is 24.5. The van der Waals surface area contributed by atoms with Gasteiger partial charge >= 0.3 is 0 Å². The van der Waals surface area contributed by atoms with Gasteiger partial charge in [-0.25, -0.2) is 4.39 Å². The molecule has 4 aromatic rings. The van der Waals surface area contributed by atoms with Crippen molar-refractivity contribution in [2.75, 3.05) is 0 Å². The molecule has 0 nitrogen and oxygen atoms in total. The minimum atomic E-state index is -0.254. The molecule has 0 saturated heterocycles. The van der Waals surface area contributed by atoms with E-state index >= 15 is 4.39 Å². The molecule has 0 bridgehead atoms. The van der Waals surface area contributed by atoms with Crippen molar-refractivity contribution >= 4 is 10.8 Å². The highest BCUT2D eigenvalue weighted by Crippen LogP contribution is 2.28. The van der Waals surface area contributed by atoms with E-state index in [-0.39, 0.29) is 5.82 Å². The lowest BCUT2D eigenvalue weighted by Gasteiger charge is -2.08. The minimum absolute atomic E-state index is 0.254. The predicted octanol–water partition coefficient (Wildman–Crippen LogP) is 9.29. The van der Waals surface area contributed by atoms with E-state index < -0.39 is 0 Å². The van der Waals surface area contributed by atoms with Crippen LogP contribution in [0.4, 0.5) is 4.39 Å². The molecule has 0 heterocycles. The first-order chi connectivity index (χ1) is 17.2. The first kappa shape index (κ1) is 24.5. The number of hydrogen-bond donors (Lipinski definition) is 0. The van der Waals surface area contributed by atoms with Crippen LogP contribution in [-0.2, 0) is 12.8 Å². The number of aryl methyl sites for hydroxylation is 2. The molecule has 0 N–H and O–H groups in total. The topological polar surface area (TPSA) is 0 Å². The molecule has 0 spiro atoms. The van der Waals surface area contributed by atoms with Gasteiger partial charge in [0.2, 0.25) is 0 Å². The van der Waals surface area contributed by atoms with Gasteiger partial charge in [-0.05, 0) is 84.5 Å². The molecule has 0 atom stereocenters. The maximum atomic E-state index is 15.2. The summed E-state index contributed by atoms with van der Waals surface area (Å²) in [4.78, 5) is 0. The van der Waals surface area contributed by atoms with E-state index in [1.54, 1.807) is 6.07 Å². The summed E-state index contributed by atoms with van der Waals surface area (Å²) in [5.74, 6) is 5.89. The Kier molecular flexibility index (Phi) is 8.53. The molecule has 0 fully saturated rings. The third-order valence-corrected chi connectivity index (χ3v) is 6.44. The molecule has 0 aliphatic carbocycles. The number of fused-ring (bicyclic) bond motifs is 1. The molecule has 0 unspecified atom stereocenters. The summed E-state index contributed by atoms with van der Waals surface area (Å²) >= 11 is 0. The van der Waals surface area contributed by atoms with E-state index in [4.69, 9.17) is 0 Å². The van der Waals surface area contributed by atoms with E-state index in [1.165, 1.54) is 30.4 Å². The standard InChI is InChI=1S/C34H33F/c1-3-5-7-9-26-11-13-28(14-12-26)17-20-30-21-22-32-25-31(23-24-33(32)34(30)35)29-18-15-27(16-19-29)10-8-6-4-2/h3,5,11-16,18-19,21-25H,4,6-10H2,1-2H3/b5-3+. The highest BCUT2D eigenvalue weighted by molar-refractivity contribution is 5.89. The van der Waals surface area contributed by atoms with Gasteiger partial charge in [0.25, 0.3) is 0 Å². The summed E-state index contributed by atoms with van der Waals surface area (Å²) in [5, 5.41) is 1.50. The first-order valence-electron chi connectivity index (χ1n) is 12.7. The lowest BCUT2D eigenvalue weighted by molar-refractivity contribution is 0.636. The number of benzene rings is 4. The van der Waals surface area contributed by atoms with E-state index in [0.717, 1.165) is 41.3 Å². The van der Waals surface area contributed by atoms with Crippen molar-refractivity contribution < 1.29 is 4.39 Å². The third kappa shape index (κ3) is 6.49. The van der Waals surface area contributed by atoms with Gasteiger partial charge in [0.05, 0.1) is 5.56 Å². The minimum Gasteiger partial charge on any atom is -0.205 e. The Labute approximate surface area is 209 Å². The molecule has 1 heteroatoms. The summed E-state index contributed by atoms with van der Waals surface area (Å²) in [5.41, 5.74) is 6.24. The van der Waals surface area contributed by atoms with Crippen LogP contribution in [0.25, 0.3) is 21.9 Å². The van der Waals surface area contributed by atoms with Gasteiger partial charge in [-0.1, -0.05) is 98.4 Å². The molecule has 0 saturated carbocycles. The largest absolute Gasteiger partial charge is 0.205 e. The maximum absolute atomic E-state index is 15.2. The Balaban J connectivity index is 1.50. The normalized spacial score (nSPS) is 11.1. The Morgan fingerprint density at radius 2 is 1.46 bits per heavy atom. The second-order valence-electron chi connectivity index (χ2n) is 9.07. The fourth-order valence-electron chi connectivity index (χ4n) is 4.32. The predicted molar refractivity (Wildman–Crippen MR) is 148 cm³/mol. The van der Waals surface area contributed by atoms with Gasteiger partial charge in [-0.2, -0.15) is 0 Å². The zero-order valence-electron chi connectivity index (χ0n) is 20.8. The van der Waals surface area contributed by atoms with Crippen molar-refractivity contribution in [2.45, 2.75) is 52.4 Å². The van der Waals surface area contributed by atoms with Crippen LogP contribution < -0.4 is 0 Å². The van der Waals surface area contributed by atoms with Crippen molar-refractivity contribution in [1.29, 1.82) is 0 Å². The number of allylic oxidation sites excluding steroid dienone is 2. The summed E-state index contributed by atoms with van der Waals surface area (Å²) < 4.78 is 15.2. The number of hydrogen-bond acceptors (Lipinski definition) is 0.